The Bertz CT molecular complexity index is 476. The Labute approximate surface area is 194 Å². The first kappa shape index (κ1) is 28.6. The van der Waals surface area contributed by atoms with Gasteiger partial charge in [0.1, 0.15) is 5.75 Å². The number of benzene rings is 1. The van der Waals surface area contributed by atoms with Gasteiger partial charge in [-0.25, -0.2) is 0 Å². The van der Waals surface area contributed by atoms with E-state index in [1.54, 1.807) is 0 Å². The maximum absolute atomic E-state index is 6.05. The minimum absolute atomic E-state index is 0. The van der Waals surface area contributed by atoms with Crippen molar-refractivity contribution in [3.63, 3.8) is 0 Å². The van der Waals surface area contributed by atoms with Gasteiger partial charge in [0, 0.05) is 12.1 Å². The van der Waals surface area contributed by atoms with Crippen LogP contribution in [-0.4, -0.2) is 19.8 Å². The summed E-state index contributed by atoms with van der Waals surface area (Å²) >= 11 is 0. The molecule has 0 unspecified atom stereocenters. The van der Waals surface area contributed by atoms with Gasteiger partial charge in [-0.2, -0.15) is 0 Å². The van der Waals surface area contributed by atoms with Gasteiger partial charge in [0.25, 0.3) is 0 Å². The first-order chi connectivity index (χ1) is 13.7. The summed E-state index contributed by atoms with van der Waals surface area (Å²) in [5.41, 5.74) is 0. The van der Waals surface area contributed by atoms with Crippen LogP contribution in [0, 0.1) is 0 Å². The van der Waals surface area contributed by atoms with Crippen LogP contribution in [0.4, 0.5) is 0 Å². The van der Waals surface area contributed by atoms with Crippen molar-refractivity contribution < 1.29 is 33.1 Å². The average Bonchev–Trinajstić information content (AvgIpc) is 2.70. The van der Waals surface area contributed by atoms with Crippen molar-refractivity contribution in [3.8, 4) is 17.2 Å². The van der Waals surface area contributed by atoms with E-state index in [2.05, 4.69) is 30.0 Å². The minimum Gasteiger partial charge on any atom is -0.517 e. The number of rotatable bonds is 18. The summed E-state index contributed by atoms with van der Waals surface area (Å²) in [6.45, 7) is 8.88. The summed E-state index contributed by atoms with van der Waals surface area (Å²) in [6, 6.07) is 3.98. The predicted octanol–water partition coefficient (Wildman–Crippen LogP) is 4.34. The standard InChI is InChI=1S/C24H42O3P.Li/c1-4-7-10-13-16-25-21-19-22(26-17-14-11-8-5-2)24(28)23(20-21)27-18-15-12-9-6-3;/h19-20,28H,4-18H2,1-3H3;/q-1;+1. The van der Waals surface area contributed by atoms with Crippen LogP contribution in [0.5, 0.6) is 17.2 Å². The van der Waals surface area contributed by atoms with Crippen molar-refractivity contribution in [2.75, 3.05) is 19.8 Å². The molecule has 29 heavy (non-hydrogen) atoms. The van der Waals surface area contributed by atoms with Crippen molar-refractivity contribution in [1.29, 1.82) is 0 Å². The van der Waals surface area contributed by atoms with E-state index in [-0.39, 0.29) is 18.9 Å². The molecule has 0 aliphatic rings. The van der Waals surface area contributed by atoms with E-state index < -0.39 is 0 Å². The van der Waals surface area contributed by atoms with E-state index in [1.165, 1.54) is 57.8 Å². The molecule has 3 nitrogen and oxygen atoms in total. The second kappa shape index (κ2) is 19.6. The molecular weight excluding hydrogens is 374 g/mol. The van der Waals surface area contributed by atoms with E-state index in [1.807, 2.05) is 12.1 Å². The topological polar surface area (TPSA) is 27.7 Å². The van der Waals surface area contributed by atoms with Crippen LogP contribution in [0.25, 0.3) is 0 Å². The van der Waals surface area contributed by atoms with Crippen molar-refractivity contribution in [2.24, 2.45) is 0 Å². The van der Waals surface area contributed by atoms with Crippen molar-refractivity contribution in [2.45, 2.75) is 97.8 Å². The molecule has 0 spiro atoms. The Morgan fingerprint density at radius 2 is 0.966 bits per heavy atom. The Kier molecular flexibility index (Phi) is 19.4. The van der Waals surface area contributed by atoms with Crippen LogP contribution in [0.15, 0.2) is 12.1 Å². The molecule has 0 bridgehead atoms. The van der Waals surface area contributed by atoms with E-state index >= 15 is 0 Å². The third-order valence-corrected chi connectivity index (χ3v) is 5.31. The largest absolute Gasteiger partial charge is 1.00 e. The molecule has 0 amide bonds. The van der Waals surface area contributed by atoms with Crippen LogP contribution in [0.2, 0.25) is 0 Å². The van der Waals surface area contributed by atoms with Gasteiger partial charge in [0.2, 0.25) is 0 Å². The molecule has 0 aliphatic carbocycles. The van der Waals surface area contributed by atoms with Gasteiger partial charge < -0.3 is 23.5 Å². The van der Waals surface area contributed by atoms with Gasteiger partial charge >= 0.3 is 18.9 Å². The summed E-state index contributed by atoms with van der Waals surface area (Å²) in [6.07, 6.45) is 14.4. The maximum atomic E-state index is 6.05. The van der Waals surface area contributed by atoms with Gasteiger partial charge in [-0.05, 0) is 19.3 Å². The molecular formula is C24H42LiO3P. The molecule has 0 fully saturated rings. The van der Waals surface area contributed by atoms with E-state index in [9.17, 15) is 0 Å². The molecule has 0 saturated heterocycles. The molecule has 5 heteroatoms. The fourth-order valence-electron chi connectivity index (χ4n) is 3.02. The molecule has 0 aromatic heterocycles. The van der Waals surface area contributed by atoms with Gasteiger partial charge in [0.15, 0.2) is 0 Å². The van der Waals surface area contributed by atoms with Crippen LogP contribution in [-0.2, 0) is 0 Å². The summed E-state index contributed by atoms with van der Waals surface area (Å²) in [5, 5.41) is 0.893. The fraction of sp³-hybridized carbons (Fsp3) is 0.750. The molecule has 1 aromatic carbocycles. The molecule has 162 valence electrons. The predicted molar refractivity (Wildman–Crippen MR) is 123 cm³/mol. The molecule has 1 rings (SSSR count). The fourth-order valence-corrected chi connectivity index (χ4v) is 3.31. The molecule has 0 saturated carbocycles. The Morgan fingerprint density at radius 1 is 0.586 bits per heavy atom. The van der Waals surface area contributed by atoms with Crippen LogP contribution >= 0.6 is 9.24 Å². The SMILES string of the molecule is CCCCCCOc1cc(OCCCCCC)c([PH-])c(OCCCCCC)c1.[Li+]. The summed E-state index contributed by atoms with van der Waals surface area (Å²) in [5.74, 6) is 2.48. The molecule has 1 aromatic rings. The molecule has 0 N–H and O–H groups in total. The van der Waals surface area contributed by atoms with Crippen molar-refractivity contribution >= 4 is 14.5 Å². The van der Waals surface area contributed by atoms with E-state index in [0.29, 0.717) is 0 Å². The van der Waals surface area contributed by atoms with Gasteiger partial charge in [-0.3, -0.25) is 0 Å². The summed E-state index contributed by atoms with van der Waals surface area (Å²) < 4.78 is 18.1. The second-order valence-electron chi connectivity index (χ2n) is 7.52. The number of unbranched alkanes of at least 4 members (excludes halogenated alkanes) is 9. The monoisotopic (exact) mass is 416 g/mol. The van der Waals surface area contributed by atoms with E-state index in [4.69, 9.17) is 14.2 Å². The zero-order chi connectivity index (χ0) is 20.5. The van der Waals surface area contributed by atoms with Gasteiger partial charge in [0.05, 0.1) is 31.3 Å². The van der Waals surface area contributed by atoms with Gasteiger partial charge in [-0.1, -0.05) is 78.6 Å². The molecule has 0 aliphatic heterocycles. The normalized spacial score (nSPS) is 10.5. The van der Waals surface area contributed by atoms with Crippen LogP contribution in [0.3, 0.4) is 0 Å². The first-order valence-corrected chi connectivity index (χ1v) is 12.0. The smallest absolute Gasteiger partial charge is 0.517 e. The average molecular weight is 417 g/mol. The molecule has 0 heterocycles. The molecule has 0 radical (unpaired) electrons. The quantitative estimate of drug-likeness (QED) is 0.202. The number of hydrogen-bond donors (Lipinski definition) is 0. The maximum Gasteiger partial charge on any atom is 1.00 e. The minimum atomic E-state index is 0. The van der Waals surface area contributed by atoms with Gasteiger partial charge in [-0.15, -0.1) is 5.30 Å². The Morgan fingerprint density at radius 3 is 1.34 bits per heavy atom. The second-order valence-corrected chi connectivity index (χ2v) is 8.02. The summed E-state index contributed by atoms with van der Waals surface area (Å²) in [7, 11) is 3.74. The third-order valence-electron chi connectivity index (χ3n) is 4.82. The third kappa shape index (κ3) is 13.5. The number of ether oxygens (including phenoxy) is 3. The van der Waals surface area contributed by atoms with Crippen molar-refractivity contribution in [3.05, 3.63) is 12.1 Å². The first-order valence-electron chi connectivity index (χ1n) is 11.5. The zero-order valence-corrected chi connectivity index (χ0v) is 20.5. The zero-order valence-electron chi connectivity index (χ0n) is 19.5. The van der Waals surface area contributed by atoms with Crippen LogP contribution in [0.1, 0.15) is 97.8 Å². The summed E-state index contributed by atoms with van der Waals surface area (Å²) in [4.78, 5) is 0. The van der Waals surface area contributed by atoms with Crippen LogP contribution < -0.4 is 38.4 Å². The van der Waals surface area contributed by atoms with E-state index in [0.717, 1.165) is 61.6 Å². The Balaban J connectivity index is 0.00000784. The molecule has 0 atom stereocenters. The van der Waals surface area contributed by atoms with Crippen molar-refractivity contribution in [1.82, 2.24) is 0 Å². The Hall–Kier alpha value is -0.353. The number of hydrogen-bond acceptors (Lipinski definition) is 3.